The zero-order valence-electron chi connectivity index (χ0n) is 17.8. The van der Waals surface area contributed by atoms with Crippen LogP contribution in [0.4, 0.5) is 0 Å². The third kappa shape index (κ3) is 6.67. The first-order valence-electron chi connectivity index (χ1n) is 10.6. The van der Waals surface area contributed by atoms with Crippen LogP contribution in [0.3, 0.4) is 0 Å². The van der Waals surface area contributed by atoms with E-state index in [1.54, 1.807) is 17.0 Å². The first-order chi connectivity index (χ1) is 15.6. The van der Waals surface area contributed by atoms with E-state index >= 15 is 0 Å². The monoisotopic (exact) mass is 450 g/mol. The average molecular weight is 451 g/mol. The van der Waals surface area contributed by atoms with Gasteiger partial charge in [0.1, 0.15) is 6.04 Å². The van der Waals surface area contributed by atoms with E-state index in [0.29, 0.717) is 17.0 Å². The van der Waals surface area contributed by atoms with E-state index in [9.17, 15) is 14.7 Å². The highest BCUT2D eigenvalue weighted by atomic mass is 35.5. The van der Waals surface area contributed by atoms with Crippen LogP contribution in [0.25, 0.3) is 0 Å². The summed E-state index contributed by atoms with van der Waals surface area (Å²) in [6.07, 6.45) is 0.852. The number of hydrogen-bond acceptors (Lipinski definition) is 3. The SMILES string of the molecule is O=C(NCCO)[C@@H](c1ccccc1)N(Cc1ccc(Cl)cc1)C(=O)CCc1ccccc1. The van der Waals surface area contributed by atoms with Gasteiger partial charge in [0.2, 0.25) is 11.8 Å². The zero-order valence-corrected chi connectivity index (χ0v) is 18.5. The summed E-state index contributed by atoms with van der Waals surface area (Å²) in [5.74, 6) is -0.455. The van der Waals surface area contributed by atoms with Gasteiger partial charge in [-0.2, -0.15) is 0 Å². The molecule has 2 amide bonds. The van der Waals surface area contributed by atoms with Crippen molar-refractivity contribution in [2.45, 2.75) is 25.4 Å². The Hall–Kier alpha value is -3.15. The van der Waals surface area contributed by atoms with Crippen LogP contribution in [-0.2, 0) is 22.6 Å². The Bertz CT molecular complexity index is 995. The van der Waals surface area contributed by atoms with Crippen LogP contribution in [-0.4, -0.2) is 35.0 Å². The van der Waals surface area contributed by atoms with Crippen LogP contribution in [0.5, 0.6) is 0 Å². The van der Waals surface area contributed by atoms with Gasteiger partial charge in [-0.3, -0.25) is 9.59 Å². The van der Waals surface area contributed by atoms with Crippen molar-refractivity contribution in [1.82, 2.24) is 10.2 Å². The van der Waals surface area contributed by atoms with Gasteiger partial charge in [0.15, 0.2) is 0 Å². The highest BCUT2D eigenvalue weighted by Gasteiger charge is 2.31. The molecule has 3 aromatic carbocycles. The molecule has 0 aromatic heterocycles. The molecule has 0 fully saturated rings. The van der Waals surface area contributed by atoms with Gasteiger partial charge >= 0.3 is 0 Å². The zero-order chi connectivity index (χ0) is 22.8. The minimum atomic E-state index is -0.818. The van der Waals surface area contributed by atoms with Gasteiger partial charge in [-0.1, -0.05) is 84.4 Å². The quantitative estimate of drug-likeness (QED) is 0.487. The lowest BCUT2D eigenvalue weighted by Gasteiger charge is -2.32. The molecule has 2 N–H and O–H groups in total. The molecule has 0 bridgehead atoms. The number of nitrogens with one attached hydrogen (secondary N) is 1. The van der Waals surface area contributed by atoms with E-state index in [1.807, 2.05) is 72.8 Å². The van der Waals surface area contributed by atoms with Crippen LogP contribution in [0.15, 0.2) is 84.9 Å². The lowest BCUT2D eigenvalue weighted by Crippen LogP contribution is -2.44. The molecular weight excluding hydrogens is 424 g/mol. The Labute approximate surface area is 193 Å². The number of carbonyl (C=O) groups is 2. The van der Waals surface area contributed by atoms with Crippen molar-refractivity contribution >= 4 is 23.4 Å². The molecule has 3 rings (SSSR count). The molecule has 0 aliphatic heterocycles. The van der Waals surface area contributed by atoms with Crippen LogP contribution < -0.4 is 5.32 Å². The fourth-order valence-corrected chi connectivity index (χ4v) is 3.66. The molecule has 0 saturated heterocycles. The summed E-state index contributed by atoms with van der Waals surface area (Å²) in [5, 5.41) is 12.5. The van der Waals surface area contributed by atoms with Gasteiger partial charge in [-0.05, 0) is 35.2 Å². The minimum Gasteiger partial charge on any atom is -0.395 e. The largest absolute Gasteiger partial charge is 0.395 e. The first-order valence-corrected chi connectivity index (χ1v) is 11.0. The van der Waals surface area contributed by atoms with E-state index in [1.165, 1.54) is 0 Å². The Morgan fingerprint density at radius 3 is 2.12 bits per heavy atom. The smallest absolute Gasteiger partial charge is 0.247 e. The molecule has 1 atom stereocenters. The fourth-order valence-electron chi connectivity index (χ4n) is 3.53. The molecule has 5 nitrogen and oxygen atoms in total. The van der Waals surface area contributed by atoms with Crippen molar-refractivity contribution in [2.75, 3.05) is 13.2 Å². The van der Waals surface area contributed by atoms with E-state index in [4.69, 9.17) is 11.6 Å². The molecule has 0 aliphatic carbocycles. The first kappa shape index (κ1) is 23.5. The third-order valence-electron chi connectivity index (χ3n) is 5.14. The highest BCUT2D eigenvalue weighted by molar-refractivity contribution is 6.30. The summed E-state index contributed by atoms with van der Waals surface area (Å²) in [7, 11) is 0. The van der Waals surface area contributed by atoms with Gasteiger partial charge in [0, 0.05) is 24.5 Å². The second-order valence-electron chi connectivity index (χ2n) is 7.46. The number of halogens is 1. The van der Waals surface area contributed by atoms with E-state index < -0.39 is 6.04 Å². The molecular formula is C26H27ClN2O3. The van der Waals surface area contributed by atoms with Gasteiger partial charge in [-0.25, -0.2) is 0 Å². The Morgan fingerprint density at radius 2 is 1.50 bits per heavy atom. The molecule has 0 saturated carbocycles. The third-order valence-corrected chi connectivity index (χ3v) is 5.40. The minimum absolute atomic E-state index is 0.120. The van der Waals surface area contributed by atoms with Crippen molar-refractivity contribution < 1.29 is 14.7 Å². The molecule has 0 unspecified atom stereocenters. The maximum atomic E-state index is 13.5. The summed E-state index contributed by atoms with van der Waals surface area (Å²) in [6, 6.07) is 25.5. The van der Waals surface area contributed by atoms with Gasteiger partial charge in [0.05, 0.1) is 6.61 Å². The van der Waals surface area contributed by atoms with Crippen molar-refractivity contribution in [2.24, 2.45) is 0 Å². The Kier molecular flexibility index (Phi) is 8.84. The summed E-state index contributed by atoms with van der Waals surface area (Å²) in [5.41, 5.74) is 2.65. The van der Waals surface area contributed by atoms with Gasteiger partial charge < -0.3 is 15.3 Å². The predicted molar refractivity (Wildman–Crippen MR) is 126 cm³/mol. The van der Waals surface area contributed by atoms with Gasteiger partial charge in [-0.15, -0.1) is 0 Å². The standard InChI is InChI=1S/C26H27ClN2O3/c27-23-14-11-21(12-15-23)19-29(24(31)16-13-20-7-3-1-4-8-20)25(26(32)28-17-18-30)22-9-5-2-6-10-22/h1-12,14-15,25,30H,13,16-19H2,(H,28,32)/t25-/m1/s1. The van der Waals surface area contributed by atoms with Crippen LogP contribution in [0.2, 0.25) is 5.02 Å². The normalized spacial score (nSPS) is 11.6. The molecule has 3 aromatic rings. The number of aliphatic hydroxyl groups is 1. The summed E-state index contributed by atoms with van der Waals surface area (Å²) >= 11 is 6.03. The Balaban J connectivity index is 1.91. The predicted octanol–water partition coefficient (Wildman–Crippen LogP) is 4.15. The highest BCUT2D eigenvalue weighted by Crippen LogP contribution is 2.25. The number of hydrogen-bond donors (Lipinski definition) is 2. The molecule has 0 radical (unpaired) electrons. The molecule has 0 spiro atoms. The van der Waals surface area contributed by atoms with Crippen LogP contribution in [0.1, 0.15) is 29.2 Å². The fraction of sp³-hybridized carbons (Fsp3) is 0.231. The van der Waals surface area contributed by atoms with Crippen molar-refractivity contribution in [3.63, 3.8) is 0 Å². The van der Waals surface area contributed by atoms with E-state index in [0.717, 1.165) is 11.1 Å². The number of benzene rings is 3. The summed E-state index contributed by atoms with van der Waals surface area (Å²) in [4.78, 5) is 28.2. The maximum absolute atomic E-state index is 13.5. The number of amides is 2. The van der Waals surface area contributed by atoms with Crippen LogP contribution >= 0.6 is 11.6 Å². The maximum Gasteiger partial charge on any atom is 0.247 e. The molecule has 0 heterocycles. The molecule has 6 heteroatoms. The Morgan fingerprint density at radius 1 is 0.875 bits per heavy atom. The average Bonchev–Trinajstić information content (AvgIpc) is 2.83. The second-order valence-corrected chi connectivity index (χ2v) is 7.90. The lowest BCUT2D eigenvalue weighted by atomic mass is 10.0. The van der Waals surface area contributed by atoms with Crippen molar-refractivity contribution in [1.29, 1.82) is 0 Å². The summed E-state index contributed by atoms with van der Waals surface area (Å²) in [6.45, 7) is 0.207. The number of aliphatic hydroxyl groups excluding tert-OH is 1. The topological polar surface area (TPSA) is 69.6 Å². The van der Waals surface area contributed by atoms with Crippen molar-refractivity contribution in [3.05, 3.63) is 107 Å². The second kappa shape index (κ2) is 12.0. The molecule has 0 aliphatic rings. The van der Waals surface area contributed by atoms with E-state index in [2.05, 4.69) is 5.32 Å². The van der Waals surface area contributed by atoms with Gasteiger partial charge in [0.25, 0.3) is 0 Å². The number of aryl methyl sites for hydroxylation is 1. The summed E-state index contributed by atoms with van der Waals surface area (Å²) < 4.78 is 0. The van der Waals surface area contributed by atoms with Crippen LogP contribution in [0, 0.1) is 0 Å². The van der Waals surface area contributed by atoms with Crippen molar-refractivity contribution in [3.8, 4) is 0 Å². The number of nitrogens with zero attached hydrogens (tertiary/aromatic N) is 1. The molecule has 32 heavy (non-hydrogen) atoms. The van der Waals surface area contributed by atoms with E-state index in [-0.39, 0.29) is 37.9 Å². The number of rotatable bonds is 10. The molecule has 166 valence electrons. The lowest BCUT2D eigenvalue weighted by molar-refractivity contribution is -0.141. The number of carbonyl (C=O) groups excluding carboxylic acids is 2.